The Hall–Kier alpha value is -2.00. The van der Waals surface area contributed by atoms with Crippen molar-refractivity contribution in [1.82, 2.24) is 0 Å². The zero-order valence-electron chi connectivity index (χ0n) is 14.4. The summed E-state index contributed by atoms with van der Waals surface area (Å²) in [6, 6.07) is 16.4. The summed E-state index contributed by atoms with van der Waals surface area (Å²) in [5.74, 6) is 2.16. The summed E-state index contributed by atoms with van der Waals surface area (Å²) in [6.07, 6.45) is 5.07. The van der Waals surface area contributed by atoms with Crippen LogP contribution in [-0.2, 0) is 6.61 Å². The summed E-state index contributed by atoms with van der Waals surface area (Å²) in [4.78, 5) is 0. The van der Waals surface area contributed by atoms with Crippen LogP contribution in [0, 0.1) is 5.92 Å². The molecule has 0 saturated heterocycles. The molecule has 2 aromatic rings. The monoisotopic (exact) mass is 325 g/mol. The first-order chi connectivity index (χ1) is 11.8. The van der Waals surface area contributed by atoms with E-state index >= 15 is 0 Å². The van der Waals surface area contributed by atoms with Crippen LogP contribution in [0.15, 0.2) is 48.5 Å². The lowest BCUT2D eigenvalue weighted by atomic mass is 9.92. The van der Waals surface area contributed by atoms with E-state index in [1.807, 2.05) is 31.2 Å². The normalized spacial score (nSPS) is 16.1. The second kappa shape index (κ2) is 8.20. The fourth-order valence-corrected chi connectivity index (χ4v) is 3.44. The number of hydrogen-bond acceptors (Lipinski definition) is 3. The minimum absolute atomic E-state index is 0.0925. The highest BCUT2D eigenvalue weighted by molar-refractivity contribution is 5.44. The molecule has 128 valence electrons. The van der Waals surface area contributed by atoms with Crippen molar-refractivity contribution >= 4 is 0 Å². The van der Waals surface area contributed by atoms with Crippen LogP contribution in [0.3, 0.4) is 0 Å². The van der Waals surface area contributed by atoms with E-state index in [0.717, 1.165) is 22.6 Å². The third-order valence-electron chi connectivity index (χ3n) is 4.80. The van der Waals surface area contributed by atoms with Crippen LogP contribution in [0.1, 0.15) is 49.8 Å². The molecule has 0 heterocycles. The third kappa shape index (κ3) is 4.09. The Morgan fingerprint density at radius 1 is 1.00 bits per heavy atom. The summed E-state index contributed by atoms with van der Waals surface area (Å²) in [7, 11) is 0. The molecule has 0 aromatic heterocycles. The van der Waals surface area contributed by atoms with E-state index in [0.29, 0.717) is 19.1 Å². The first-order valence-corrected chi connectivity index (χ1v) is 8.97. The number of hydrogen-bond donors (Lipinski definition) is 1. The summed E-state index contributed by atoms with van der Waals surface area (Å²) >= 11 is 0. The largest absolute Gasteiger partial charge is 0.490 e. The minimum Gasteiger partial charge on any atom is -0.490 e. The highest BCUT2D eigenvalue weighted by Crippen LogP contribution is 2.37. The fourth-order valence-electron chi connectivity index (χ4n) is 3.44. The van der Waals surface area contributed by atoms with E-state index in [-0.39, 0.29) is 6.04 Å². The van der Waals surface area contributed by atoms with Gasteiger partial charge in [0.2, 0.25) is 0 Å². The average molecular weight is 325 g/mol. The number of benzene rings is 2. The summed E-state index contributed by atoms with van der Waals surface area (Å²) in [5.41, 5.74) is 8.78. The Morgan fingerprint density at radius 3 is 2.46 bits per heavy atom. The SMILES string of the molecule is CCOc1cc([C@H](N)C2CCCC2)ccc1OCc1ccccc1. The fraction of sp³-hybridized carbons (Fsp3) is 0.429. The summed E-state index contributed by atoms with van der Waals surface area (Å²) in [6.45, 7) is 3.14. The molecule has 3 rings (SSSR count). The van der Waals surface area contributed by atoms with Crippen molar-refractivity contribution < 1.29 is 9.47 Å². The quantitative estimate of drug-likeness (QED) is 0.791. The van der Waals surface area contributed by atoms with E-state index in [1.165, 1.54) is 25.7 Å². The van der Waals surface area contributed by atoms with E-state index in [2.05, 4.69) is 24.3 Å². The Kier molecular flexibility index (Phi) is 5.76. The van der Waals surface area contributed by atoms with Gasteiger partial charge in [0.15, 0.2) is 11.5 Å². The molecular formula is C21H27NO2. The predicted molar refractivity (Wildman–Crippen MR) is 97.3 cm³/mol. The van der Waals surface area contributed by atoms with Crippen molar-refractivity contribution in [3.8, 4) is 11.5 Å². The second-order valence-corrected chi connectivity index (χ2v) is 6.48. The van der Waals surface area contributed by atoms with Gasteiger partial charge < -0.3 is 15.2 Å². The number of ether oxygens (including phenoxy) is 2. The van der Waals surface area contributed by atoms with Gasteiger partial charge in [0, 0.05) is 6.04 Å². The Balaban J connectivity index is 1.74. The molecule has 0 bridgehead atoms. The zero-order chi connectivity index (χ0) is 16.8. The van der Waals surface area contributed by atoms with Crippen LogP contribution in [-0.4, -0.2) is 6.61 Å². The minimum atomic E-state index is 0.0925. The van der Waals surface area contributed by atoms with Gasteiger partial charge in [-0.05, 0) is 48.9 Å². The molecule has 0 aliphatic heterocycles. The molecule has 1 atom stereocenters. The van der Waals surface area contributed by atoms with E-state index in [4.69, 9.17) is 15.2 Å². The van der Waals surface area contributed by atoms with E-state index in [9.17, 15) is 0 Å². The molecule has 0 radical (unpaired) electrons. The Labute approximate surface area is 144 Å². The molecule has 0 unspecified atom stereocenters. The topological polar surface area (TPSA) is 44.5 Å². The lowest BCUT2D eigenvalue weighted by molar-refractivity contribution is 0.268. The molecular weight excluding hydrogens is 298 g/mol. The molecule has 1 saturated carbocycles. The molecule has 24 heavy (non-hydrogen) atoms. The molecule has 1 aliphatic rings. The van der Waals surface area contributed by atoms with Gasteiger partial charge in [-0.3, -0.25) is 0 Å². The van der Waals surface area contributed by atoms with Gasteiger partial charge in [-0.15, -0.1) is 0 Å². The van der Waals surface area contributed by atoms with Crippen LogP contribution in [0.4, 0.5) is 0 Å². The van der Waals surface area contributed by atoms with E-state index < -0.39 is 0 Å². The van der Waals surface area contributed by atoms with Gasteiger partial charge in [-0.1, -0.05) is 49.2 Å². The lowest BCUT2D eigenvalue weighted by Gasteiger charge is -2.21. The second-order valence-electron chi connectivity index (χ2n) is 6.48. The highest BCUT2D eigenvalue weighted by atomic mass is 16.5. The molecule has 2 aromatic carbocycles. The Bertz CT molecular complexity index is 636. The Morgan fingerprint density at radius 2 is 1.75 bits per heavy atom. The van der Waals surface area contributed by atoms with Crippen LogP contribution >= 0.6 is 0 Å². The van der Waals surface area contributed by atoms with Crippen molar-refractivity contribution in [1.29, 1.82) is 0 Å². The van der Waals surface area contributed by atoms with Gasteiger partial charge in [-0.25, -0.2) is 0 Å². The predicted octanol–water partition coefficient (Wildman–Crippen LogP) is 4.85. The molecule has 1 fully saturated rings. The smallest absolute Gasteiger partial charge is 0.161 e. The first kappa shape index (κ1) is 16.8. The number of nitrogens with two attached hydrogens (primary N) is 1. The summed E-state index contributed by atoms with van der Waals surface area (Å²) in [5, 5.41) is 0. The lowest BCUT2D eigenvalue weighted by Crippen LogP contribution is -2.19. The van der Waals surface area contributed by atoms with Gasteiger partial charge >= 0.3 is 0 Å². The van der Waals surface area contributed by atoms with Crippen molar-refractivity contribution in [2.45, 2.75) is 45.3 Å². The summed E-state index contributed by atoms with van der Waals surface area (Å²) < 4.78 is 11.8. The van der Waals surface area contributed by atoms with Crippen molar-refractivity contribution in [2.24, 2.45) is 11.7 Å². The molecule has 2 N–H and O–H groups in total. The molecule has 3 heteroatoms. The third-order valence-corrected chi connectivity index (χ3v) is 4.80. The molecule has 3 nitrogen and oxygen atoms in total. The first-order valence-electron chi connectivity index (χ1n) is 8.97. The van der Waals surface area contributed by atoms with Crippen LogP contribution in [0.5, 0.6) is 11.5 Å². The maximum atomic E-state index is 6.48. The van der Waals surface area contributed by atoms with E-state index in [1.54, 1.807) is 0 Å². The van der Waals surface area contributed by atoms with Crippen molar-refractivity contribution in [3.05, 3.63) is 59.7 Å². The van der Waals surface area contributed by atoms with Gasteiger partial charge in [0.25, 0.3) is 0 Å². The van der Waals surface area contributed by atoms with Gasteiger partial charge in [-0.2, -0.15) is 0 Å². The van der Waals surface area contributed by atoms with Crippen LogP contribution in [0.2, 0.25) is 0 Å². The average Bonchev–Trinajstić information content (AvgIpc) is 3.16. The molecule has 0 spiro atoms. The van der Waals surface area contributed by atoms with Crippen molar-refractivity contribution in [2.75, 3.05) is 6.61 Å². The number of rotatable bonds is 7. The zero-order valence-corrected chi connectivity index (χ0v) is 14.4. The maximum absolute atomic E-state index is 6.48. The standard InChI is InChI=1S/C21H27NO2/c1-2-23-20-14-18(21(22)17-10-6-7-11-17)12-13-19(20)24-15-16-8-4-3-5-9-16/h3-5,8-9,12-14,17,21H,2,6-7,10-11,15,22H2,1H3/t21-/m1/s1. The maximum Gasteiger partial charge on any atom is 0.161 e. The van der Waals surface area contributed by atoms with Crippen molar-refractivity contribution in [3.63, 3.8) is 0 Å². The molecule has 0 amide bonds. The van der Waals surface area contributed by atoms with Crippen LogP contribution in [0.25, 0.3) is 0 Å². The van der Waals surface area contributed by atoms with Gasteiger partial charge in [0.1, 0.15) is 6.61 Å². The highest BCUT2D eigenvalue weighted by Gasteiger charge is 2.24. The van der Waals surface area contributed by atoms with Gasteiger partial charge in [0.05, 0.1) is 6.61 Å². The van der Waals surface area contributed by atoms with Crippen LogP contribution < -0.4 is 15.2 Å². The molecule has 1 aliphatic carbocycles.